The lowest BCUT2D eigenvalue weighted by atomic mass is 10.2. The Morgan fingerprint density at radius 3 is 2.82 bits per heavy atom. The number of carbonyl (C=O) groups excluding carboxylic acids is 1. The predicted octanol–water partition coefficient (Wildman–Crippen LogP) is 0.297. The fourth-order valence-electron chi connectivity index (χ4n) is 0.631. The average Bonchev–Trinajstić information content (AvgIpc) is 2.05. The molecule has 1 atom stereocenters. The Hall–Kier alpha value is -1.26. The van der Waals surface area contributed by atoms with E-state index >= 15 is 0 Å². The first-order valence-electron chi connectivity index (χ1n) is 3.35. The van der Waals surface area contributed by atoms with Crippen molar-refractivity contribution < 1.29 is 4.79 Å². The summed E-state index contributed by atoms with van der Waals surface area (Å²) in [6.45, 7) is 0.601. The van der Waals surface area contributed by atoms with Gasteiger partial charge in [0.25, 0.3) is 0 Å². The van der Waals surface area contributed by atoms with Crippen molar-refractivity contribution in [1.82, 2.24) is 5.32 Å². The Morgan fingerprint density at radius 1 is 1.64 bits per heavy atom. The van der Waals surface area contributed by atoms with E-state index in [9.17, 15) is 9.70 Å². The van der Waals surface area contributed by atoms with E-state index in [-0.39, 0.29) is 0 Å². The van der Waals surface area contributed by atoms with Gasteiger partial charge >= 0.3 is 0 Å². The Bertz CT molecular complexity index is 130. The van der Waals surface area contributed by atoms with Gasteiger partial charge in [-0.25, -0.2) is 0 Å². The van der Waals surface area contributed by atoms with Gasteiger partial charge in [-0.2, -0.15) is 4.91 Å². The van der Waals surface area contributed by atoms with E-state index in [0.717, 1.165) is 6.34 Å². The van der Waals surface area contributed by atoms with Crippen molar-refractivity contribution in [2.24, 2.45) is 5.18 Å². The molecule has 0 unspecified atom stereocenters. The quantitative estimate of drug-likeness (QED) is 0.183. The van der Waals surface area contributed by atoms with E-state index in [1.165, 1.54) is 0 Å². The first kappa shape index (κ1) is 9.74. The summed E-state index contributed by atoms with van der Waals surface area (Å²) in [7, 11) is 0. The molecule has 0 saturated heterocycles. The molecule has 0 aromatic rings. The smallest absolute Gasteiger partial charge is 0.148 e. The third kappa shape index (κ3) is 5.20. The van der Waals surface area contributed by atoms with Crippen LogP contribution in [0.2, 0.25) is 0 Å². The van der Waals surface area contributed by atoms with Crippen LogP contribution in [0.25, 0.3) is 0 Å². The standard InChI is InChI=1S/C6H11N3O2/c7-5-8-3-1-2-6(4-10)9-11/h4-6H,1-3H2,(H2,7,8)/t6-/m0/s1. The van der Waals surface area contributed by atoms with E-state index in [2.05, 4.69) is 10.5 Å². The molecule has 0 bridgehead atoms. The summed E-state index contributed by atoms with van der Waals surface area (Å²) in [6, 6.07) is -0.720. The lowest BCUT2D eigenvalue weighted by Gasteiger charge is -1.99. The zero-order valence-corrected chi connectivity index (χ0v) is 6.12. The van der Waals surface area contributed by atoms with E-state index < -0.39 is 6.04 Å². The number of hydrogen-bond donors (Lipinski definition) is 2. The largest absolute Gasteiger partial charge is 0.377 e. The Morgan fingerprint density at radius 2 is 2.36 bits per heavy atom. The van der Waals surface area contributed by atoms with Crippen molar-refractivity contribution in [1.29, 1.82) is 5.41 Å². The molecule has 0 fully saturated rings. The molecule has 62 valence electrons. The van der Waals surface area contributed by atoms with Gasteiger partial charge in [-0.3, -0.25) is 5.41 Å². The van der Waals surface area contributed by atoms with Gasteiger partial charge in [-0.1, -0.05) is 5.18 Å². The van der Waals surface area contributed by atoms with Crippen molar-refractivity contribution in [3.8, 4) is 0 Å². The van der Waals surface area contributed by atoms with Crippen molar-refractivity contribution in [3.63, 3.8) is 0 Å². The fraction of sp³-hybridized carbons (Fsp3) is 0.667. The lowest BCUT2D eigenvalue weighted by Crippen LogP contribution is -2.14. The molecule has 0 heterocycles. The van der Waals surface area contributed by atoms with Crippen LogP contribution < -0.4 is 5.32 Å². The summed E-state index contributed by atoms with van der Waals surface area (Å²) in [4.78, 5) is 19.9. The SMILES string of the molecule is N=CNCCC[C@@H](C=O)N=O. The highest BCUT2D eigenvalue weighted by Crippen LogP contribution is 1.96. The molecule has 0 rings (SSSR count). The molecule has 5 heteroatoms. The molecule has 0 amide bonds. The zero-order valence-electron chi connectivity index (χ0n) is 6.12. The minimum atomic E-state index is -0.720. The average molecular weight is 157 g/mol. The van der Waals surface area contributed by atoms with Gasteiger partial charge in [0.1, 0.15) is 12.3 Å². The number of nitrogens with one attached hydrogen (secondary N) is 2. The van der Waals surface area contributed by atoms with Gasteiger partial charge in [0.05, 0.1) is 6.34 Å². The molecule has 2 N–H and O–H groups in total. The molecule has 0 radical (unpaired) electrons. The predicted molar refractivity (Wildman–Crippen MR) is 41.7 cm³/mol. The molecule has 0 aliphatic carbocycles. The van der Waals surface area contributed by atoms with Crippen LogP contribution in [0.15, 0.2) is 5.18 Å². The number of nitroso groups, excluding NO2 is 1. The van der Waals surface area contributed by atoms with E-state index in [0.29, 0.717) is 25.7 Å². The Labute approximate surface area is 64.7 Å². The highest BCUT2D eigenvalue weighted by Gasteiger charge is 2.04. The van der Waals surface area contributed by atoms with Crippen LogP contribution in [0.4, 0.5) is 0 Å². The van der Waals surface area contributed by atoms with Crippen molar-refractivity contribution in [2.45, 2.75) is 18.9 Å². The third-order valence-electron chi connectivity index (χ3n) is 1.22. The molecular weight excluding hydrogens is 146 g/mol. The first-order chi connectivity index (χ1) is 5.35. The van der Waals surface area contributed by atoms with Gasteiger partial charge in [-0.05, 0) is 12.8 Å². The van der Waals surface area contributed by atoms with Crippen LogP contribution in [-0.2, 0) is 4.79 Å². The molecule has 0 spiro atoms. The van der Waals surface area contributed by atoms with Gasteiger partial charge in [0.2, 0.25) is 0 Å². The second kappa shape index (κ2) is 6.85. The topological polar surface area (TPSA) is 82.4 Å². The molecular formula is C6H11N3O2. The molecule has 0 aliphatic heterocycles. The monoisotopic (exact) mass is 157 g/mol. The summed E-state index contributed by atoms with van der Waals surface area (Å²) in [5.41, 5.74) is 0. The number of rotatable bonds is 7. The van der Waals surface area contributed by atoms with E-state index in [4.69, 9.17) is 5.41 Å². The fourth-order valence-corrected chi connectivity index (χ4v) is 0.631. The first-order valence-corrected chi connectivity index (χ1v) is 3.35. The summed E-state index contributed by atoms with van der Waals surface area (Å²) in [6.07, 6.45) is 2.74. The van der Waals surface area contributed by atoms with Crippen LogP contribution in [0, 0.1) is 10.3 Å². The molecule has 5 nitrogen and oxygen atoms in total. The van der Waals surface area contributed by atoms with E-state index in [1.54, 1.807) is 0 Å². The Balaban J connectivity index is 3.27. The summed E-state index contributed by atoms with van der Waals surface area (Å²) >= 11 is 0. The second-order valence-corrected chi connectivity index (χ2v) is 2.05. The Kier molecular flexibility index (Phi) is 6.07. The molecule has 0 aromatic carbocycles. The third-order valence-corrected chi connectivity index (χ3v) is 1.22. The van der Waals surface area contributed by atoms with Crippen molar-refractivity contribution >= 4 is 12.6 Å². The van der Waals surface area contributed by atoms with Crippen LogP contribution in [0.3, 0.4) is 0 Å². The summed E-state index contributed by atoms with van der Waals surface area (Å²) in [5.74, 6) is 0. The maximum absolute atomic E-state index is 10.0. The van der Waals surface area contributed by atoms with E-state index in [1.807, 2.05) is 0 Å². The van der Waals surface area contributed by atoms with Gasteiger partial charge in [-0.15, -0.1) is 0 Å². The number of carbonyl (C=O) groups is 1. The number of nitrogens with zero attached hydrogens (tertiary/aromatic N) is 1. The molecule has 11 heavy (non-hydrogen) atoms. The number of hydrogen-bond acceptors (Lipinski definition) is 4. The highest BCUT2D eigenvalue weighted by molar-refractivity contribution is 5.57. The summed E-state index contributed by atoms with van der Waals surface area (Å²) in [5, 5.41) is 11.8. The molecule has 0 saturated carbocycles. The van der Waals surface area contributed by atoms with Gasteiger partial charge < -0.3 is 10.1 Å². The summed E-state index contributed by atoms with van der Waals surface area (Å²) < 4.78 is 0. The van der Waals surface area contributed by atoms with Gasteiger partial charge in [0, 0.05) is 6.54 Å². The van der Waals surface area contributed by atoms with Crippen LogP contribution in [-0.4, -0.2) is 25.2 Å². The highest BCUT2D eigenvalue weighted by atomic mass is 16.3. The molecule has 0 aliphatic rings. The van der Waals surface area contributed by atoms with Crippen LogP contribution in [0.5, 0.6) is 0 Å². The van der Waals surface area contributed by atoms with Crippen LogP contribution in [0.1, 0.15) is 12.8 Å². The van der Waals surface area contributed by atoms with Crippen molar-refractivity contribution in [3.05, 3.63) is 4.91 Å². The minimum Gasteiger partial charge on any atom is -0.377 e. The molecule has 0 aromatic heterocycles. The second-order valence-electron chi connectivity index (χ2n) is 2.05. The maximum atomic E-state index is 10.0. The minimum absolute atomic E-state index is 0.452. The zero-order chi connectivity index (χ0) is 8.53. The lowest BCUT2D eigenvalue weighted by molar-refractivity contribution is -0.109. The van der Waals surface area contributed by atoms with Crippen LogP contribution >= 0.6 is 0 Å². The van der Waals surface area contributed by atoms with Crippen molar-refractivity contribution in [2.75, 3.05) is 6.54 Å². The van der Waals surface area contributed by atoms with Gasteiger partial charge in [0.15, 0.2) is 0 Å². The number of aldehydes is 1. The normalized spacial score (nSPS) is 11.6. The maximum Gasteiger partial charge on any atom is 0.148 e.